The zero-order chi connectivity index (χ0) is 21.6. The van der Waals surface area contributed by atoms with Gasteiger partial charge in [-0.2, -0.15) is 8.42 Å². The Balaban J connectivity index is 0.000000218. The standard InChI is InChI=1S/C10H13NO5S.C8H5NO3/c1-17(14,15)16-8-2-3-9-4-6-10(7-5-9)11(12)13;10-7-5-3-1-2-4-6(5)8(11)9(7)12/h4-7H,2-3,8H2,1H3;1-4,12H. The summed E-state index contributed by atoms with van der Waals surface area (Å²) in [6, 6.07) is 12.4. The van der Waals surface area contributed by atoms with E-state index in [9.17, 15) is 28.1 Å². The van der Waals surface area contributed by atoms with Gasteiger partial charge in [0.1, 0.15) is 0 Å². The highest BCUT2D eigenvalue weighted by Crippen LogP contribution is 2.20. The average Bonchev–Trinajstić information content (AvgIpc) is 2.90. The second-order valence-electron chi connectivity index (χ2n) is 6.02. The van der Waals surface area contributed by atoms with Crippen molar-refractivity contribution < 1.29 is 32.3 Å². The Hall–Kier alpha value is -3.15. The maximum atomic E-state index is 11.1. The first kappa shape index (κ1) is 22.1. The van der Waals surface area contributed by atoms with Gasteiger partial charge < -0.3 is 0 Å². The van der Waals surface area contributed by atoms with E-state index in [1.807, 2.05) is 0 Å². The van der Waals surface area contributed by atoms with Crippen LogP contribution in [0, 0.1) is 10.1 Å². The smallest absolute Gasteiger partial charge is 0.278 e. The predicted octanol–water partition coefficient (Wildman–Crippen LogP) is 2.18. The maximum Gasteiger partial charge on any atom is 0.285 e. The van der Waals surface area contributed by atoms with E-state index in [-0.39, 0.29) is 28.5 Å². The van der Waals surface area contributed by atoms with Crippen LogP contribution in [0.1, 0.15) is 32.7 Å². The van der Waals surface area contributed by atoms with Gasteiger partial charge in [-0.3, -0.25) is 29.1 Å². The molecular weight excluding hydrogens is 404 g/mol. The van der Waals surface area contributed by atoms with E-state index < -0.39 is 26.9 Å². The molecule has 3 rings (SSSR count). The van der Waals surface area contributed by atoms with E-state index in [1.165, 1.54) is 24.3 Å². The summed E-state index contributed by atoms with van der Waals surface area (Å²) in [5.74, 6) is -1.31. The van der Waals surface area contributed by atoms with Crippen LogP contribution in [-0.4, -0.2) is 48.3 Å². The Labute approximate surface area is 166 Å². The monoisotopic (exact) mass is 422 g/mol. The molecule has 0 bridgehead atoms. The summed E-state index contributed by atoms with van der Waals surface area (Å²) in [5, 5.41) is 19.5. The van der Waals surface area contributed by atoms with Gasteiger partial charge >= 0.3 is 0 Å². The molecule has 0 spiro atoms. The number of aryl methyl sites for hydroxylation is 1. The maximum absolute atomic E-state index is 11.1. The third-order valence-corrected chi connectivity index (χ3v) is 4.42. The van der Waals surface area contributed by atoms with Crippen molar-refractivity contribution in [2.45, 2.75) is 12.8 Å². The number of imide groups is 1. The molecule has 1 aliphatic rings. The van der Waals surface area contributed by atoms with Gasteiger partial charge in [0.15, 0.2) is 0 Å². The molecule has 0 saturated carbocycles. The molecule has 0 fully saturated rings. The molecule has 0 saturated heterocycles. The molecule has 0 aromatic heterocycles. The average molecular weight is 422 g/mol. The number of hydrogen-bond acceptors (Lipinski definition) is 8. The number of hydrogen-bond donors (Lipinski definition) is 1. The fraction of sp³-hybridized carbons (Fsp3) is 0.222. The van der Waals surface area contributed by atoms with Crippen LogP contribution in [0.15, 0.2) is 48.5 Å². The van der Waals surface area contributed by atoms with Crippen LogP contribution >= 0.6 is 0 Å². The van der Waals surface area contributed by atoms with Crippen molar-refractivity contribution >= 4 is 27.6 Å². The molecule has 2 amide bonds. The number of carbonyl (C=O) groups excluding carboxylic acids is 2. The highest BCUT2D eigenvalue weighted by molar-refractivity contribution is 7.85. The van der Waals surface area contributed by atoms with Crippen LogP contribution in [0.5, 0.6) is 0 Å². The number of benzene rings is 2. The summed E-state index contributed by atoms with van der Waals surface area (Å²) >= 11 is 0. The van der Waals surface area contributed by atoms with Gasteiger partial charge in [-0.05, 0) is 30.5 Å². The first-order valence-corrected chi connectivity index (χ1v) is 10.2. The van der Waals surface area contributed by atoms with Crippen LogP contribution < -0.4 is 0 Å². The summed E-state index contributed by atoms with van der Waals surface area (Å²) in [6.45, 7) is 0.121. The number of amides is 2. The molecule has 0 atom stereocenters. The number of fused-ring (bicyclic) bond motifs is 1. The Bertz CT molecular complexity index is 983. The van der Waals surface area contributed by atoms with E-state index in [1.54, 1.807) is 24.3 Å². The normalized spacial score (nSPS) is 13.0. The number of nitrogens with zero attached hydrogens (tertiary/aromatic N) is 2. The lowest BCUT2D eigenvalue weighted by molar-refractivity contribution is -0.384. The molecule has 29 heavy (non-hydrogen) atoms. The molecule has 10 nitrogen and oxygen atoms in total. The van der Waals surface area contributed by atoms with Crippen molar-refractivity contribution in [2.24, 2.45) is 0 Å². The van der Waals surface area contributed by atoms with E-state index >= 15 is 0 Å². The summed E-state index contributed by atoms with van der Waals surface area (Å²) in [5.41, 5.74) is 1.46. The Morgan fingerprint density at radius 2 is 1.55 bits per heavy atom. The first-order chi connectivity index (χ1) is 13.6. The van der Waals surface area contributed by atoms with Gasteiger partial charge in [-0.1, -0.05) is 24.3 Å². The van der Waals surface area contributed by atoms with Crippen molar-refractivity contribution in [3.8, 4) is 0 Å². The predicted molar refractivity (Wildman–Crippen MR) is 101 cm³/mol. The fourth-order valence-corrected chi connectivity index (χ4v) is 2.87. The molecule has 0 unspecified atom stereocenters. The largest absolute Gasteiger partial charge is 0.285 e. The number of non-ortho nitro benzene ring substituents is 1. The Kier molecular flexibility index (Phi) is 7.15. The lowest BCUT2D eigenvalue weighted by Gasteiger charge is -2.01. The van der Waals surface area contributed by atoms with E-state index in [0.29, 0.717) is 12.8 Å². The number of rotatable bonds is 6. The number of carbonyl (C=O) groups is 2. The van der Waals surface area contributed by atoms with E-state index in [4.69, 9.17) is 5.21 Å². The molecule has 11 heteroatoms. The molecule has 1 N–H and O–H groups in total. The van der Waals surface area contributed by atoms with Crippen LogP contribution in [0.3, 0.4) is 0 Å². The van der Waals surface area contributed by atoms with Crippen LogP contribution in [-0.2, 0) is 20.7 Å². The lowest BCUT2D eigenvalue weighted by Crippen LogP contribution is -2.25. The Morgan fingerprint density at radius 3 is 2.00 bits per heavy atom. The molecule has 1 aliphatic heterocycles. The number of nitro benzene ring substituents is 1. The zero-order valence-corrected chi connectivity index (χ0v) is 16.2. The number of hydroxylamine groups is 2. The fourth-order valence-electron chi connectivity index (χ4n) is 2.45. The van der Waals surface area contributed by atoms with E-state index in [2.05, 4.69) is 4.18 Å². The minimum Gasteiger partial charge on any atom is -0.278 e. The van der Waals surface area contributed by atoms with Gasteiger partial charge in [0, 0.05) is 12.1 Å². The molecule has 2 aromatic rings. The van der Waals surface area contributed by atoms with E-state index in [0.717, 1.165) is 11.8 Å². The van der Waals surface area contributed by atoms with Gasteiger partial charge in [0.05, 0.1) is 28.9 Å². The van der Waals surface area contributed by atoms with Gasteiger partial charge in [0.25, 0.3) is 27.6 Å². The molecule has 2 aromatic carbocycles. The van der Waals surface area contributed by atoms with Crippen molar-refractivity contribution in [3.63, 3.8) is 0 Å². The summed E-state index contributed by atoms with van der Waals surface area (Å²) in [4.78, 5) is 32.1. The van der Waals surface area contributed by atoms with Crippen molar-refractivity contribution in [2.75, 3.05) is 12.9 Å². The lowest BCUT2D eigenvalue weighted by atomic mass is 10.1. The zero-order valence-electron chi connectivity index (χ0n) is 15.3. The van der Waals surface area contributed by atoms with Gasteiger partial charge in [-0.15, -0.1) is 5.06 Å². The Morgan fingerprint density at radius 1 is 1.03 bits per heavy atom. The van der Waals surface area contributed by atoms with Gasteiger partial charge in [-0.25, -0.2) is 0 Å². The summed E-state index contributed by atoms with van der Waals surface area (Å²) in [6.07, 6.45) is 2.16. The van der Waals surface area contributed by atoms with Crippen LogP contribution in [0.4, 0.5) is 5.69 Å². The molecule has 154 valence electrons. The molecule has 0 aliphatic carbocycles. The number of nitro groups is 1. The van der Waals surface area contributed by atoms with Crippen molar-refractivity contribution in [1.29, 1.82) is 0 Å². The van der Waals surface area contributed by atoms with Crippen molar-refractivity contribution in [1.82, 2.24) is 5.06 Å². The van der Waals surface area contributed by atoms with Crippen LogP contribution in [0.2, 0.25) is 0 Å². The van der Waals surface area contributed by atoms with Crippen LogP contribution in [0.25, 0.3) is 0 Å². The summed E-state index contributed by atoms with van der Waals surface area (Å²) in [7, 11) is -3.39. The third kappa shape index (κ3) is 6.17. The van der Waals surface area contributed by atoms with Gasteiger partial charge in [0.2, 0.25) is 0 Å². The minimum absolute atomic E-state index is 0.0427. The van der Waals surface area contributed by atoms with Crippen molar-refractivity contribution in [3.05, 3.63) is 75.3 Å². The minimum atomic E-state index is -3.39. The third-order valence-electron chi connectivity index (χ3n) is 3.83. The quantitative estimate of drug-likeness (QED) is 0.186. The highest BCUT2D eigenvalue weighted by Gasteiger charge is 2.34. The second-order valence-corrected chi connectivity index (χ2v) is 7.66. The summed E-state index contributed by atoms with van der Waals surface area (Å²) < 4.78 is 25.9. The SMILES string of the molecule is CS(=O)(=O)OCCCc1ccc([N+](=O)[O-])cc1.O=C1c2ccccc2C(=O)N1O. The topological polar surface area (TPSA) is 144 Å². The first-order valence-electron chi connectivity index (χ1n) is 8.34. The molecular formula is C18H18N2O8S. The molecule has 0 radical (unpaired) electrons. The highest BCUT2D eigenvalue weighted by atomic mass is 32.2. The second kappa shape index (κ2) is 9.37. The molecule has 1 heterocycles.